The lowest BCUT2D eigenvalue weighted by Crippen LogP contribution is -2.24. The van der Waals surface area contributed by atoms with Gasteiger partial charge < -0.3 is 9.72 Å². The quantitative estimate of drug-likeness (QED) is 0.821. The molecule has 5 heteroatoms. The summed E-state index contributed by atoms with van der Waals surface area (Å²) in [6.45, 7) is 2.83. The van der Waals surface area contributed by atoms with Gasteiger partial charge in [0.25, 0.3) is 0 Å². The molecule has 2 aromatic rings. The molecule has 1 N–H and O–H groups in total. The zero-order chi connectivity index (χ0) is 14.7. The second-order valence-corrected chi connectivity index (χ2v) is 5.54. The number of H-pyrrole nitrogens is 1. The summed E-state index contributed by atoms with van der Waals surface area (Å²) in [5, 5.41) is 0.959. The van der Waals surface area contributed by atoms with Gasteiger partial charge in [0.1, 0.15) is 11.8 Å². The number of fused-ring (bicyclic) bond motifs is 1. The second kappa shape index (κ2) is 6.16. The van der Waals surface area contributed by atoms with E-state index in [9.17, 15) is 4.79 Å². The van der Waals surface area contributed by atoms with Crippen LogP contribution in [-0.2, 0) is 4.74 Å². The summed E-state index contributed by atoms with van der Waals surface area (Å²) in [6, 6.07) is 3.85. The number of ether oxygens (including phenoxy) is 1. The fraction of sp³-hybridized carbons (Fsp3) is 0.500. The Labute approximate surface area is 124 Å². The van der Waals surface area contributed by atoms with Crippen LogP contribution in [0.1, 0.15) is 39.0 Å². The molecule has 0 spiro atoms. The van der Waals surface area contributed by atoms with Crippen LogP contribution in [0.3, 0.4) is 0 Å². The fourth-order valence-electron chi connectivity index (χ4n) is 2.83. The van der Waals surface area contributed by atoms with Crippen molar-refractivity contribution in [2.75, 3.05) is 11.4 Å². The molecule has 1 unspecified atom stereocenters. The lowest BCUT2D eigenvalue weighted by Gasteiger charge is -2.11. The van der Waals surface area contributed by atoms with E-state index in [-0.39, 0.29) is 12.2 Å². The smallest absolute Gasteiger partial charge is 0.414 e. The maximum atomic E-state index is 12.1. The number of hydrogen-bond acceptors (Lipinski definition) is 3. The van der Waals surface area contributed by atoms with E-state index in [1.54, 1.807) is 11.1 Å². The third kappa shape index (κ3) is 2.86. The van der Waals surface area contributed by atoms with Crippen molar-refractivity contribution in [3.8, 4) is 0 Å². The minimum Gasteiger partial charge on any atom is -0.444 e. The highest BCUT2D eigenvalue weighted by atomic mass is 16.6. The molecule has 112 valence electrons. The number of carbonyl (C=O) groups is 1. The third-order valence-electron chi connectivity index (χ3n) is 3.97. The third-order valence-corrected chi connectivity index (χ3v) is 3.97. The van der Waals surface area contributed by atoms with E-state index in [1.807, 2.05) is 18.3 Å². The first-order valence-corrected chi connectivity index (χ1v) is 7.70. The van der Waals surface area contributed by atoms with Gasteiger partial charge in [0.15, 0.2) is 0 Å². The predicted molar refractivity (Wildman–Crippen MR) is 82.5 cm³/mol. The molecule has 0 bridgehead atoms. The number of pyridine rings is 1. The number of carbonyl (C=O) groups excluding carboxylic acids is 1. The maximum absolute atomic E-state index is 12.1. The van der Waals surface area contributed by atoms with Gasteiger partial charge in [-0.2, -0.15) is 0 Å². The van der Waals surface area contributed by atoms with Crippen molar-refractivity contribution >= 4 is 22.8 Å². The Morgan fingerprint density at radius 3 is 3.19 bits per heavy atom. The summed E-state index contributed by atoms with van der Waals surface area (Å²) >= 11 is 0. The molecule has 0 aromatic carbocycles. The minimum atomic E-state index is -0.250. The number of rotatable bonds is 6. The lowest BCUT2D eigenvalue weighted by molar-refractivity contribution is 0.135. The van der Waals surface area contributed by atoms with Crippen LogP contribution in [-0.4, -0.2) is 28.7 Å². The average Bonchev–Trinajstić information content (AvgIpc) is 3.07. The molecule has 0 saturated carbocycles. The summed E-state index contributed by atoms with van der Waals surface area (Å²) in [4.78, 5) is 21.2. The van der Waals surface area contributed by atoms with Gasteiger partial charge in [-0.1, -0.05) is 26.2 Å². The molecular weight excluding hydrogens is 266 g/mol. The highest BCUT2D eigenvalue weighted by Crippen LogP contribution is 2.30. The van der Waals surface area contributed by atoms with E-state index in [0.29, 0.717) is 6.54 Å². The van der Waals surface area contributed by atoms with E-state index in [1.165, 1.54) is 19.3 Å². The van der Waals surface area contributed by atoms with Crippen LogP contribution >= 0.6 is 0 Å². The summed E-state index contributed by atoms with van der Waals surface area (Å²) in [6.07, 6.45) is 9.08. The van der Waals surface area contributed by atoms with Crippen molar-refractivity contribution in [2.24, 2.45) is 0 Å². The van der Waals surface area contributed by atoms with Crippen LogP contribution in [0, 0.1) is 0 Å². The van der Waals surface area contributed by atoms with E-state index in [2.05, 4.69) is 16.9 Å². The fourth-order valence-corrected chi connectivity index (χ4v) is 2.83. The number of aromatic amines is 1. The molecule has 1 saturated heterocycles. The zero-order valence-electron chi connectivity index (χ0n) is 12.3. The molecular formula is C16H21N3O2. The van der Waals surface area contributed by atoms with Crippen molar-refractivity contribution in [2.45, 2.75) is 45.1 Å². The van der Waals surface area contributed by atoms with Gasteiger partial charge in [0.2, 0.25) is 0 Å². The van der Waals surface area contributed by atoms with Crippen LogP contribution in [0.15, 0.2) is 24.5 Å². The highest BCUT2D eigenvalue weighted by molar-refractivity contribution is 6.00. The SMILES string of the molecule is CCCCCCC1CN(c2c[nH]c3ncccc23)C(=O)O1. The second-order valence-electron chi connectivity index (χ2n) is 5.54. The first-order chi connectivity index (χ1) is 10.3. The van der Waals surface area contributed by atoms with E-state index in [4.69, 9.17) is 4.74 Å². The molecule has 2 aromatic heterocycles. The molecule has 5 nitrogen and oxygen atoms in total. The number of amides is 1. The Kier molecular flexibility index (Phi) is 4.08. The highest BCUT2D eigenvalue weighted by Gasteiger charge is 2.33. The minimum absolute atomic E-state index is 0.0102. The summed E-state index contributed by atoms with van der Waals surface area (Å²) in [5.74, 6) is 0. The first kappa shape index (κ1) is 13.9. The van der Waals surface area contributed by atoms with Crippen molar-refractivity contribution < 1.29 is 9.53 Å². The molecule has 3 rings (SSSR count). The Balaban J connectivity index is 1.68. The molecule has 1 atom stereocenters. The van der Waals surface area contributed by atoms with Crippen molar-refractivity contribution in [3.05, 3.63) is 24.5 Å². The molecule has 21 heavy (non-hydrogen) atoms. The number of nitrogens with zero attached hydrogens (tertiary/aromatic N) is 2. The molecule has 1 fully saturated rings. The number of nitrogens with one attached hydrogen (secondary N) is 1. The van der Waals surface area contributed by atoms with E-state index in [0.717, 1.165) is 29.6 Å². The number of hydrogen-bond donors (Lipinski definition) is 1. The largest absolute Gasteiger partial charge is 0.444 e. The molecule has 1 aliphatic rings. The Hall–Kier alpha value is -2.04. The van der Waals surface area contributed by atoms with Gasteiger partial charge in [-0.3, -0.25) is 4.90 Å². The summed E-state index contributed by atoms with van der Waals surface area (Å²) in [7, 11) is 0. The van der Waals surface area contributed by atoms with Gasteiger partial charge in [-0.15, -0.1) is 0 Å². The van der Waals surface area contributed by atoms with E-state index < -0.39 is 0 Å². The van der Waals surface area contributed by atoms with Crippen LogP contribution in [0.4, 0.5) is 10.5 Å². The summed E-state index contributed by atoms with van der Waals surface area (Å²) in [5.41, 5.74) is 1.66. The molecule has 1 amide bonds. The van der Waals surface area contributed by atoms with Crippen LogP contribution in [0.2, 0.25) is 0 Å². The molecule has 0 radical (unpaired) electrons. The van der Waals surface area contributed by atoms with Gasteiger partial charge in [-0.05, 0) is 25.0 Å². The number of aromatic nitrogens is 2. The lowest BCUT2D eigenvalue weighted by atomic mass is 10.1. The standard InChI is InChI=1S/C16H21N3O2/c1-2-3-4-5-7-12-11-19(16(20)21-12)14-10-18-15-13(14)8-6-9-17-15/h6,8-10,12H,2-5,7,11H2,1H3,(H,17,18). The van der Waals surface area contributed by atoms with Gasteiger partial charge in [0.05, 0.1) is 12.2 Å². The van der Waals surface area contributed by atoms with Crippen molar-refractivity contribution in [3.63, 3.8) is 0 Å². The van der Waals surface area contributed by atoms with Crippen molar-refractivity contribution in [1.29, 1.82) is 0 Å². The Morgan fingerprint density at radius 2 is 2.33 bits per heavy atom. The molecule has 3 heterocycles. The van der Waals surface area contributed by atoms with Gasteiger partial charge in [-0.25, -0.2) is 9.78 Å². The zero-order valence-corrected chi connectivity index (χ0v) is 12.3. The monoisotopic (exact) mass is 287 g/mol. The maximum Gasteiger partial charge on any atom is 0.414 e. The normalized spacial score (nSPS) is 18.4. The predicted octanol–water partition coefficient (Wildman–Crippen LogP) is 3.86. The Bertz CT molecular complexity index is 623. The molecule has 0 aliphatic carbocycles. The van der Waals surface area contributed by atoms with Crippen LogP contribution in [0.25, 0.3) is 11.0 Å². The van der Waals surface area contributed by atoms with Gasteiger partial charge >= 0.3 is 6.09 Å². The van der Waals surface area contributed by atoms with Crippen LogP contribution in [0.5, 0.6) is 0 Å². The first-order valence-electron chi connectivity index (χ1n) is 7.70. The number of unbranched alkanes of at least 4 members (excludes halogenated alkanes) is 3. The van der Waals surface area contributed by atoms with E-state index >= 15 is 0 Å². The van der Waals surface area contributed by atoms with Crippen molar-refractivity contribution in [1.82, 2.24) is 9.97 Å². The Morgan fingerprint density at radius 1 is 1.43 bits per heavy atom. The van der Waals surface area contributed by atoms with Crippen LogP contribution < -0.4 is 4.90 Å². The summed E-state index contributed by atoms with van der Waals surface area (Å²) < 4.78 is 5.48. The van der Waals surface area contributed by atoms with Gasteiger partial charge in [0, 0.05) is 17.8 Å². The number of anilines is 1. The number of cyclic esters (lactones) is 1. The molecule has 1 aliphatic heterocycles. The average molecular weight is 287 g/mol. The topological polar surface area (TPSA) is 58.2 Å².